The molecule has 1 saturated heterocycles. The number of piperidine rings is 1. The molecule has 1 aromatic carbocycles. The van der Waals surface area contributed by atoms with Crippen LogP contribution in [0.25, 0.3) is 0 Å². The summed E-state index contributed by atoms with van der Waals surface area (Å²) in [5.41, 5.74) is 0.538. The topological polar surface area (TPSA) is 66.5 Å². The number of ketones is 1. The summed E-state index contributed by atoms with van der Waals surface area (Å²) < 4.78 is 0. The quantitative estimate of drug-likeness (QED) is 0.707. The number of carbonyl (C=O) groups is 3. The SMILES string of the molecule is CC(NC(=O)c1cccs1)C(=O)N1CCC(C(=O)c2ccc(Cl)c(Cl)c2)CC1. The fourth-order valence-corrected chi connectivity index (χ4v) is 4.18. The van der Waals surface area contributed by atoms with Crippen LogP contribution >= 0.6 is 34.5 Å². The van der Waals surface area contributed by atoms with Gasteiger partial charge in [0.15, 0.2) is 5.78 Å². The van der Waals surface area contributed by atoms with Crippen molar-refractivity contribution in [3.63, 3.8) is 0 Å². The molecule has 8 heteroatoms. The van der Waals surface area contributed by atoms with Gasteiger partial charge in [0.25, 0.3) is 5.91 Å². The Kier molecular flexibility index (Phi) is 6.75. The van der Waals surface area contributed by atoms with Crippen LogP contribution in [0, 0.1) is 5.92 Å². The minimum atomic E-state index is -0.614. The molecule has 5 nitrogen and oxygen atoms in total. The third kappa shape index (κ3) is 4.74. The number of carbonyl (C=O) groups excluding carboxylic acids is 3. The molecule has 28 heavy (non-hydrogen) atoms. The lowest BCUT2D eigenvalue weighted by molar-refractivity contribution is -0.134. The second kappa shape index (κ2) is 9.07. The highest BCUT2D eigenvalue weighted by Gasteiger charge is 2.30. The molecule has 0 radical (unpaired) electrons. The molecular weight excluding hydrogens is 419 g/mol. The van der Waals surface area contributed by atoms with Crippen LogP contribution in [0.1, 0.15) is 39.8 Å². The number of nitrogens with one attached hydrogen (secondary N) is 1. The predicted molar refractivity (Wildman–Crippen MR) is 111 cm³/mol. The lowest BCUT2D eigenvalue weighted by atomic mass is 9.88. The zero-order valence-electron chi connectivity index (χ0n) is 15.3. The van der Waals surface area contributed by atoms with E-state index in [1.165, 1.54) is 11.3 Å². The Balaban J connectivity index is 1.54. The van der Waals surface area contributed by atoms with Crippen LogP contribution in [0.2, 0.25) is 10.0 Å². The van der Waals surface area contributed by atoms with Gasteiger partial charge in [-0.2, -0.15) is 0 Å². The molecular formula is C20H20Cl2N2O3S. The molecule has 1 atom stereocenters. The maximum Gasteiger partial charge on any atom is 0.261 e. The number of hydrogen-bond donors (Lipinski definition) is 1. The van der Waals surface area contributed by atoms with Crippen LogP contribution in [0.15, 0.2) is 35.7 Å². The van der Waals surface area contributed by atoms with E-state index in [0.717, 1.165) is 0 Å². The summed E-state index contributed by atoms with van der Waals surface area (Å²) in [5.74, 6) is -0.520. The summed E-state index contributed by atoms with van der Waals surface area (Å²) in [4.78, 5) is 39.7. The van der Waals surface area contributed by atoms with Gasteiger partial charge in [0, 0.05) is 24.6 Å². The van der Waals surface area contributed by atoms with Crippen LogP contribution in [-0.4, -0.2) is 41.6 Å². The summed E-state index contributed by atoms with van der Waals surface area (Å²) in [6.07, 6.45) is 1.16. The van der Waals surface area contributed by atoms with Crippen molar-refractivity contribution in [2.75, 3.05) is 13.1 Å². The molecule has 1 N–H and O–H groups in total. The molecule has 1 fully saturated rings. The first kappa shape index (κ1) is 20.8. The van der Waals surface area contributed by atoms with Gasteiger partial charge >= 0.3 is 0 Å². The normalized spacial score (nSPS) is 15.9. The van der Waals surface area contributed by atoms with E-state index >= 15 is 0 Å². The number of benzene rings is 1. The molecule has 0 aliphatic carbocycles. The van der Waals surface area contributed by atoms with E-state index in [1.807, 2.05) is 5.38 Å². The zero-order chi connectivity index (χ0) is 20.3. The zero-order valence-corrected chi connectivity index (χ0v) is 17.6. The Bertz CT molecular complexity index is 878. The second-order valence-electron chi connectivity index (χ2n) is 6.77. The molecule has 2 heterocycles. The number of halogens is 2. The van der Waals surface area contributed by atoms with E-state index in [2.05, 4.69) is 5.32 Å². The third-order valence-corrected chi connectivity index (χ3v) is 6.45. The molecule has 1 aliphatic rings. The van der Waals surface area contributed by atoms with Gasteiger partial charge in [-0.25, -0.2) is 0 Å². The Morgan fingerprint density at radius 3 is 2.46 bits per heavy atom. The molecule has 148 valence electrons. The number of Topliss-reactive ketones (excluding diaryl/α,β-unsaturated/α-hetero) is 1. The van der Waals surface area contributed by atoms with Gasteiger partial charge in [-0.3, -0.25) is 14.4 Å². The van der Waals surface area contributed by atoms with Gasteiger partial charge in [0.2, 0.25) is 5.91 Å². The minimum absolute atomic E-state index is 0.0183. The lowest BCUT2D eigenvalue weighted by Gasteiger charge is -2.33. The predicted octanol–water partition coefficient (Wildman–Crippen LogP) is 4.29. The first-order valence-electron chi connectivity index (χ1n) is 8.99. The van der Waals surface area contributed by atoms with Crippen molar-refractivity contribution in [2.24, 2.45) is 5.92 Å². The highest BCUT2D eigenvalue weighted by molar-refractivity contribution is 7.12. The second-order valence-corrected chi connectivity index (χ2v) is 8.53. The van der Waals surface area contributed by atoms with Crippen LogP contribution < -0.4 is 5.32 Å². The van der Waals surface area contributed by atoms with Gasteiger partial charge in [0.05, 0.1) is 14.9 Å². The largest absolute Gasteiger partial charge is 0.341 e. The van der Waals surface area contributed by atoms with Crippen molar-refractivity contribution in [1.82, 2.24) is 10.2 Å². The van der Waals surface area contributed by atoms with Crippen molar-refractivity contribution in [3.05, 3.63) is 56.2 Å². The Morgan fingerprint density at radius 1 is 1.14 bits per heavy atom. The average Bonchev–Trinajstić information content (AvgIpc) is 3.24. The smallest absolute Gasteiger partial charge is 0.261 e. The standard InChI is InChI=1S/C20H20Cl2N2O3S/c1-12(23-19(26)17-3-2-10-28-17)20(27)24-8-6-13(7-9-24)18(25)14-4-5-15(21)16(22)11-14/h2-5,10-13H,6-9H2,1H3,(H,23,26). The van der Waals surface area contributed by atoms with E-state index in [-0.39, 0.29) is 23.5 Å². The van der Waals surface area contributed by atoms with Crippen molar-refractivity contribution in [3.8, 4) is 0 Å². The number of hydrogen-bond acceptors (Lipinski definition) is 4. The average molecular weight is 439 g/mol. The fraction of sp³-hybridized carbons (Fsp3) is 0.350. The van der Waals surface area contributed by atoms with Gasteiger partial charge < -0.3 is 10.2 Å². The molecule has 1 aliphatic heterocycles. The summed E-state index contributed by atoms with van der Waals surface area (Å²) in [5, 5.41) is 5.32. The van der Waals surface area contributed by atoms with Crippen LogP contribution in [0.3, 0.4) is 0 Å². The highest BCUT2D eigenvalue weighted by Crippen LogP contribution is 2.27. The molecule has 2 amide bonds. The first-order chi connectivity index (χ1) is 13.4. The lowest BCUT2D eigenvalue weighted by Crippen LogP contribution is -2.49. The van der Waals surface area contributed by atoms with Gasteiger partial charge in [-0.05, 0) is 49.4 Å². The van der Waals surface area contributed by atoms with Crippen molar-refractivity contribution in [2.45, 2.75) is 25.8 Å². The molecule has 3 rings (SSSR count). The van der Waals surface area contributed by atoms with E-state index in [9.17, 15) is 14.4 Å². The van der Waals surface area contributed by atoms with Crippen LogP contribution in [0.5, 0.6) is 0 Å². The molecule has 1 unspecified atom stereocenters. The number of nitrogens with zero attached hydrogens (tertiary/aromatic N) is 1. The van der Waals surface area contributed by atoms with E-state index in [4.69, 9.17) is 23.2 Å². The van der Waals surface area contributed by atoms with Gasteiger partial charge in [0.1, 0.15) is 6.04 Å². The van der Waals surface area contributed by atoms with Crippen molar-refractivity contribution in [1.29, 1.82) is 0 Å². The summed E-state index contributed by atoms with van der Waals surface area (Å²) in [7, 11) is 0. The number of likely N-dealkylation sites (tertiary alicyclic amines) is 1. The van der Waals surface area contributed by atoms with Crippen LogP contribution in [-0.2, 0) is 4.79 Å². The summed E-state index contributed by atoms with van der Waals surface area (Å²) in [6, 6.07) is 7.78. The van der Waals surface area contributed by atoms with Crippen molar-refractivity contribution >= 4 is 52.1 Å². The number of thiophene rings is 1. The highest BCUT2D eigenvalue weighted by atomic mass is 35.5. The van der Waals surface area contributed by atoms with E-state index in [0.29, 0.717) is 46.4 Å². The first-order valence-corrected chi connectivity index (χ1v) is 10.6. The Hall–Kier alpha value is -1.89. The number of rotatable bonds is 5. The van der Waals surface area contributed by atoms with E-state index in [1.54, 1.807) is 42.2 Å². The van der Waals surface area contributed by atoms with Gasteiger partial charge in [-0.1, -0.05) is 29.3 Å². The van der Waals surface area contributed by atoms with Crippen molar-refractivity contribution < 1.29 is 14.4 Å². The molecule has 1 aromatic heterocycles. The third-order valence-electron chi connectivity index (χ3n) is 4.84. The Morgan fingerprint density at radius 2 is 1.86 bits per heavy atom. The van der Waals surface area contributed by atoms with E-state index < -0.39 is 6.04 Å². The summed E-state index contributed by atoms with van der Waals surface area (Å²) in [6.45, 7) is 2.65. The maximum absolute atomic E-state index is 12.7. The minimum Gasteiger partial charge on any atom is -0.341 e. The molecule has 0 saturated carbocycles. The maximum atomic E-state index is 12.7. The monoisotopic (exact) mass is 438 g/mol. The van der Waals surface area contributed by atoms with Crippen LogP contribution in [0.4, 0.5) is 0 Å². The molecule has 0 spiro atoms. The molecule has 0 bridgehead atoms. The fourth-order valence-electron chi connectivity index (χ4n) is 3.26. The molecule has 2 aromatic rings. The Labute approximate surface area is 177 Å². The summed E-state index contributed by atoms with van der Waals surface area (Å²) >= 11 is 13.2. The van der Waals surface area contributed by atoms with Gasteiger partial charge in [-0.15, -0.1) is 11.3 Å². The number of amides is 2.